The number of aromatic nitrogens is 2. The predicted molar refractivity (Wildman–Crippen MR) is 70.5 cm³/mol. The Kier molecular flexibility index (Phi) is 2.29. The first-order chi connectivity index (χ1) is 8.34. The summed E-state index contributed by atoms with van der Waals surface area (Å²) in [5.41, 5.74) is 9.83. The van der Waals surface area contributed by atoms with Gasteiger partial charge in [-0.1, -0.05) is 30.4 Å². The van der Waals surface area contributed by atoms with Gasteiger partial charge in [-0.3, -0.25) is 0 Å². The Morgan fingerprint density at radius 1 is 1.29 bits per heavy atom. The molecule has 0 aromatic carbocycles. The fraction of sp³-hybridized carbons (Fsp3) is 0.0714. The average molecular weight is 223 g/mol. The molecule has 3 nitrogen and oxygen atoms in total. The number of rotatable bonds is 1. The molecule has 0 saturated carbocycles. The fourth-order valence-corrected chi connectivity index (χ4v) is 2.01. The van der Waals surface area contributed by atoms with Crippen LogP contribution in [0.15, 0.2) is 55.0 Å². The Morgan fingerprint density at radius 3 is 3.18 bits per heavy atom. The van der Waals surface area contributed by atoms with Crippen LogP contribution in [0.1, 0.15) is 12.0 Å². The summed E-state index contributed by atoms with van der Waals surface area (Å²) < 4.78 is 1.96. The second-order valence-corrected chi connectivity index (χ2v) is 4.02. The smallest absolute Gasteiger partial charge is 0.160 e. The second-order valence-electron chi connectivity index (χ2n) is 4.02. The molecule has 84 valence electrons. The summed E-state index contributed by atoms with van der Waals surface area (Å²) in [5.74, 6) is 0. The minimum absolute atomic E-state index is 0.707. The molecule has 2 aromatic heterocycles. The number of nitrogens with zero attached hydrogens (tertiary/aromatic N) is 2. The van der Waals surface area contributed by atoms with Crippen molar-refractivity contribution in [1.29, 1.82) is 0 Å². The summed E-state index contributed by atoms with van der Waals surface area (Å²) in [6, 6.07) is 1.98. The molecular weight excluding hydrogens is 210 g/mol. The van der Waals surface area contributed by atoms with Gasteiger partial charge in [-0.05, 0) is 18.1 Å². The van der Waals surface area contributed by atoms with Gasteiger partial charge < -0.3 is 10.1 Å². The molecule has 0 amide bonds. The molecule has 0 saturated heterocycles. The van der Waals surface area contributed by atoms with Crippen LogP contribution in [0.25, 0.3) is 11.2 Å². The van der Waals surface area contributed by atoms with Gasteiger partial charge in [-0.15, -0.1) is 0 Å². The Hall–Kier alpha value is -2.29. The van der Waals surface area contributed by atoms with Crippen molar-refractivity contribution < 1.29 is 0 Å². The number of nitrogen functional groups attached to an aromatic ring is 1. The van der Waals surface area contributed by atoms with Gasteiger partial charge in [-0.2, -0.15) is 0 Å². The van der Waals surface area contributed by atoms with Crippen LogP contribution < -0.4 is 5.73 Å². The van der Waals surface area contributed by atoms with Crippen molar-refractivity contribution >= 4 is 16.9 Å². The summed E-state index contributed by atoms with van der Waals surface area (Å²) in [6.45, 7) is 0. The van der Waals surface area contributed by atoms with E-state index in [9.17, 15) is 0 Å². The lowest BCUT2D eigenvalue weighted by Gasteiger charge is -2.06. The molecule has 3 rings (SSSR count). The molecule has 3 heteroatoms. The minimum atomic E-state index is 0.707. The van der Waals surface area contributed by atoms with Gasteiger partial charge >= 0.3 is 0 Å². The molecule has 0 radical (unpaired) electrons. The van der Waals surface area contributed by atoms with Crippen LogP contribution in [0.5, 0.6) is 0 Å². The van der Waals surface area contributed by atoms with Crippen molar-refractivity contribution in [2.45, 2.75) is 6.42 Å². The van der Waals surface area contributed by atoms with Gasteiger partial charge in [0.05, 0.1) is 5.69 Å². The Labute approximate surface area is 99.6 Å². The van der Waals surface area contributed by atoms with Crippen LogP contribution in [0.3, 0.4) is 0 Å². The van der Waals surface area contributed by atoms with Crippen LogP contribution >= 0.6 is 0 Å². The van der Waals surface area contributed by atoms with E-state index in [0.717, 1.165) is 17.6 Å². The molecule has 1 aliphatic carbocycles. The quantitative estimate of drug-likeness (QED) is 0.807. The zero-order valence-corrected chi connectivity index (χ0v) is 9.38. The number of allylic oxidation sites excluding steroid dienone is 6. The molecule has 0 fully saturated rings. The van der Waals surface area contributed by atoms with Crippen molar-refractivity contribution in [3.63, 3.8) is 0 Å². The number of imidazole rings is 1. The maximum atomic E-state index is 6.00. The first kappa shape index (κ1) is 9.90. The standard InChI is InChI=1S/C14H13N3/c15-13-9-12(10-17-8-7-16-14(13)17)11-5-3-1-2-4-6-11/h1-3,5-10H,4,15H2. The zero-order valence-electron chi connectivity index (χ0n) is 9.38. The highest BCUT2D eigenvalue weighted by Crippen LogP contribution is 2.23. The third kappa shape index (κ3) is 1.76. The van der Waals surface area contributed by atoms with Crippen LogP contribution in [0.4, 0.5) is 5.69 Å². The van der Waals surface area contributed by atoms with Gasteiger partial charge in [0.15, 0.2) is 5.65 Å². The van der Waals surface area contributed by atoms with Crippen LogP contribution in [0.2, 0.25) is 0 Å². The number of pyridine rings is 1. The van der Waals surface area contributed by atoms with Gasteiger partial charge in [-0.25, -0.2) is 4.98 Å². The first-order valence-corrected chi connectivity index (χ1v) is 5.60. The number of hydrogen-bond acceptors (Lipinski definition) is 2. The third-order valence-corrected chi connectivity index (χ3v) is 2.85. The molecule has 0 unspecified atom stereocenters. The molecule has 2 N–H and O–H groups in total. The molecule has 2 aromatic rings. The van der Waals surface area contributed by atoms with E-state index >= 15 is 0 Å². The van der Waals surface area contributed by atoms with Crippen LogP contribution in [0, 0.1) is 0 Å². The van der Waals surface area contributed by atoms with E-state index in [-0.39, 0.29) is 0 Å². The predicted octanol–water partition coefficient (Wildman–Crippen LogP) is 2.82. The molecule has 17 heavy (non-hydrogen) atoms. The van der Waals surface area contributed by atoms with E-state index in [2.05, 4.69) is 35.5 Å². The van der Waals surface area contributed by atoms with Crippen molar-refractivity contribution in [3.8, 4) is 0 Å². The third-order valence-electron chi connectivity index (χ3n) is 2.85. The van der Waals surface area contributed by atoms with E-state index < -0.39 is 0 Å². The molecule has 0 spiro atoms. The normalized spacial score (nSPS) is 14.9. The zero-order chi connectivity index (χ0) is 11.7. The Balaban J connectivity index is 2.14. The van der Waals surface area contributed by atoms with Gasteiger partial charge in [0.1, 0.15) is 0 Å². The van der Waals surface area contributed by atoms with E-state index in [1.165, 1.54) is 5.57 Å². The highest BCUT2D eigenvalue weighted by Gasteiger charge is 2.05. The summed E-state index contributed by atoms with van der Waals surface area (Å²) in [6.07, 6.45) is 17.2. The summed E-state index contributed by atoms with van der Waals surface area (Å²) in [5, 5.41) is 0. The van der Waals surface area contributed by atoms with E-state index in [1.807, 2.05) is 22.7 Å². The number of hydrogen-bond donors (Lipinski definition) is 1. The monoisotopic (exact) mass is 223 g/mol. The number of fused-ring (bicyclic) bond motifs is 1. The SMILES string of the molecule is Nc1cc(C2=CCC=CC=C2)cn2ccnc12. The largest absolute Gasteiger partial charge is 0.396 e. The second kappa shape index (κ2) is 3.94. The maximum Gasteiger partial charge on any atom is 0.160 e. The van der Waals surface area contributed by atoms with Crippen LogP contribution in [-0.2, 0) is 0 Å². The first-order valence-electron chi connectivity index (χ1n) is 5.60. The summed E-state index contributed by atoms with van der Waals surface area (Å²) in [7, 11) is 0. The fourth-order valence-electron chi connectivity index (χ4n) is 2.01. The van der Waals surface area contributed by atoms with E-state index in [0.29, 0.717) is 5.69 Å². The molecule has 1 aliphatic rings. The van der Waals surface area contributed by atoms with Gasteiger partial charge in [0, 0.05) is 24.2 Å². The lowest BCUT2D eigenvalue weighted by atomic mass is 10.1. The molecule has 2 heterocycles. The lowest BCUT2D eigenvalue weighted by Crippen LogP contribution is -1.95. The van der Waals surface area contributed by atoms with Crippen molar-refractivity contribution in [2.24, 2.45) is 0 Å². The highest BCUT2D eigenvalue weighted by molar-refractivity contribution is 5.79. The Morgan fingerprint density at radius 2 is 2.24 bits per heavy atom. The van der Waals surface area contributed by atoms with Crippen molar-refractivity contribution in [2.75, 3.05) is 5.73 Å². The highest BCUT2D eigenvalue weighted by atomic mass is 15.0. The molecule has 0 aliphatic heterocycles. The number of anilines is 1. The Bertz CT molecular complexity index is 645. The maximum absolute atomic E-state index is 6.00. The molecule has 0 atom stereocenters. The van der Waals surface area contributed by atoms with Gasteiger partial charge in [0.25, 0.3) is 0 Å². The van der Waals surface area contributed by atoms with Crippen molar-refractivity contribution in [3.05, 3.63) is 60.6 Å². The van der Waals surface area contributed by atoms with Crippen molar-refractivity contribution in [1.82, 2.24) is 9.38 Å². The summed E-state index contributed by atoms with van der Waals surface area (Å²) >= 11 is 0. The van der Waals surface area contributed by atoms with E-state index in [1.54, 1.807) is 6.20 Å². The van der Waals surface area contributed by atoms with Crippen LogP contribution in [-0.4, -0.2) is 9.38 Å². The summed E-state index contributed by atoms with van der Waals surface area (Å²) in [4.78, 5) is 4.21. The minimum Gasteiger partial charge on any atom is -0.396 e. The lowest BCUT2D eigenvalue weighted by molar-refractivity contribution is 1.18. The average Bonchev–Trinajstić information content (AvgIpc) is 2.63. The molecule has 0 bridgehead atoms. The van der Waals surface area contributed by atoms with Gasteiger partial charge in [0.2, 0.25) is 0 Å². The number of nitrogens with two attached hydrogens (primary N) is 1. The van der Waals surface area contributed by atoms with E-state index in [4.69, 9.17) is 5.73 Å². The topological polar surface area (TPSA) is 43.3 Å². The molecular formula is C14H13N3.